The van der Waals surface area contributed by atoms with E-state index in [0.29, 0.717) is 6.54 Å². The average molecular weight is 268 g/mol. The molecule has 20 heavy (non-hydrogen) atoms. The van der Waals surface area contributed by atoms with E-state index in [-0.39, 0.29) is 5.78 Å². The van der Waals surface area contributed by atoms with Gasteiger partial charge >= 0.3 is 0 Å². The standard InChI is InChI=1S/C17H20N2O/c1-14-3-5-16(6-4-14)17(20)13-19(2)12-9-15-7-10-18-11-8-15/h3-8,10-11H,9,12-13H2,1-2H3. The third-order valence-corrected chi connectivity index (χ3v) is 3.32. The number of Topliss-reactive ketones (excluding diaryl/α,β-unsaturated/α-hetero) is 1. The molecule has 0 aliphatic heterocycles. The summed E-state index contributed by atoms with van der Waals surface area (Å²) in [5.41, 5.74) is 3.20. The van der Waals surface area contributed by atoms with E-state index in [1.165, 1.54) is 11.1 Å². The van der Waals surface area contributed by atoms with Crippen LogP contribution in [0.4, 0.5) is 0 Å². The van der Waals surface area contributed by atoms with Gasteiger partial charge in [0.25, 0.3) is 0 Å². The van der Waals surface area contributed by atoms with E-state index in [4.69, 9.17) is 0 Å². The van der Waals surface area contributed by atoms with E-state index in [9.17, 15) is 4.79 Å². The number of hydrogen-bond donors (Lipinski definition) is 0. The maximum Gasteiger partial charge on any atom is 0.176 e. The van der Waals surface area contributed by atoms with Crippen LogP contribution in [0.2, 0.25) is 0 Å². The molecule has 0 N–H and O–H groups in total. The van der Waals surface area contributed by atoms with Crippen LogP contribution in [0.1, 0.15) is 21.5 Å². The van der Waals surface area contributed by atoms with Crippen molar-refractivity contribution in [3.63, 3.8) is 0 Å². The minimum Gasteiger partial charge on any atom is -0.299 e. The molecule has 0 saturated carbocycles. The van der Waals surface area contributed by atoms with E-state index >= 15 is 0 Å². The van der Waals surface area contributed by atoms with Crippen molar-refractivity contribution >= 4 is 5.78 Å². The van der Waals surface area contributed by atoms with Crippen molar-refractivity contribution in [1.29, 1.82) is 0 Å². The van der Waals surface area contributed by atoms with Crippen LogP contribution in [0, 0.1) is 6.92 Å². The van der Waals surface area contributed by atoms with E-state index in [1.54, 1.807) is 12.4 Å². The van der Waals surface area contributed by atoms with Gasteiger partial charge in [-0.15, -0.1) is 0 Å². The summed E-state index contributed by atoms with van der Waals surface area (Å²) in [6.07, 6.45) is 4.53. The molecule has 1 aromatic carbocycles. The first-order valence-electron chi connectivity index (χ1n) is 6.82. The molecule has 104 valence electrons. The van der Waals surface area contributed by atoms with Crippen molar-refractivity contribution < 1.29 is 4.79 Å². The lowest BCUT2D eigenvalue weighted by atomic mass is 10.1. The van der Waals surface area contributed by atoms with Crippen LogP contribution < -0.4 is 0 Å². The highest BCUT2D eigenvalue weighted by atomic mass is 16.1. The second-order valence-electron chi connectivity index (χ2n) is 5.13. The van der Waals surface area contributed by atoms with E-state index in [0.717, 1.165) is 18.5 Å². The Kier molecular flexibility index (Phi) is 5.02. The molecule has 1 heterocycles. The summed E-state index contributed by atoms with van der Waals surface area (Å²) < 4.78 is 0. The Balaban J connectivity index is 1.83. The van der Waals surface area contributed by atoms with Crippen LogP contribution >= 0.6 is 0 Å². The number of carbonyl (C=O) groups excluding carboxylic acids is 1. The van der Waals surface area contributed by atoms with Gasteiger partial charge < -0.3 is 0 Å². The van der Waals surface area contributed by atoms with Crippen molar-refractivity contribution in [2.75, 3.05) is 20.1 Å². The number of benzene rings is 1. The van der Waals surface area contributed by atoms with Crippen LogP contribution in [0.15, 0.2) is 48.8 Å². The molecule has 0 atom stereocenters. The lowest BCUT2D eigenvalue weighted by Gasteiger charge is -2.15. The quantitative estimate of drug-likeness (QED) is 0.755. The summed E-state index contributed by atoms with van der Waals surface area (Å²) in [5.74, 6) is 0.169. The monoisotopic (exact) mass is 268 g/mol. The van der Waals surface area contributed by atoms with Gasteiger partial charge in [-0.25, -0.2) is 0 Å². The van der Waals surface area contributed by atoms with Gasteiger partial charge in [-0.1, -0.05) is 29.8 Å². The van der Waals surface area contributed by atoms with Gasteiger partial charge in [0.2, 0.25) is 0 Å². The SMILES string of the molecule is Cc1ccc(C(=O)CN(C)CCc2ccncc2)cc1. The number of likely N-dealkylation sites (N-methyl/N-ethyl adjacent to an activating group) is 1. The lowest BCUT2D eigenvalue weighted by molar-refractivity contribution is 0.0947. The molecule has 0 unspecified atom stereocenters. The van der Waals surface area contributed by atoms with Gasteiger partial charge in [-0.3, -0.25) is 14.7 Å². The molecule has 0 saturated heterocycles. The summed E-state index contributed by atoms with van der Waals surface area (Å²) in [6, 6.07) is 11.8. The summed E-state index contributed by atoms with van der Waals surface area (Å²) in [6.45, 7) is 3.34. The smallest absolute Gasteiger partial charge is 0.176 e. The second-order valence-corrected chi connectivity index (χ2v) is 5.13. The van der Waals surface area contributed by atoms with Crippen molar-refractivity contribution in [2.45, 2.75) is 13.3 Å². The first-order chi connectivity index (χ1) is 9.65. The van der Waals surface area contributed by atoms with E-state index in [1.807, 2.05) is 50.4 Å². The number of aromatic nitrogens is 1. The highest BCUT2D eigenvalue weighted by molar-refractivity contribution is 5.97. The predicted octanol–water partition coefficient (Wildman–Crippen LogP) is 2.75. The molecule has 0 bridgehead atoms. The zero-order valence-corrected chi connectivity index (χ0v) is 12.0. The Labute approximate surface area is 120 Å². The summed E-state index contributed by atoms with van der Waals surface area (Å²) in [5, 5.41) is 0. The second kappa shape index (κ2) is 6.96. The van der Waals surface area contributed by atoms with Gasteiger partial charge in [0.1, 0.15) is 0 Å². The molecule has 0 aliphatic carbocycles. The minimum absolute atomic E-state index is 0.169. The molecule has 0 aliphatic rings. The molecular formula is C17H20N2O. The van der Waals surface area contributed by atoms with E-state index < -0.39 is 0 Å². The number of rotatable bonds is 6. The molecule has 0 fully saturated rings. The van der Waals surface area contributed by atoms with Crippen molar-refractivity contribution in [1.82, 2.24) is 9.88 Å². The van der Waals surface area contributed by atoms with Crippen LogP contribution in [0.25, 0.3) is 0 Å². The van der Waals surface area contributed by atoms with Gasteiger partial charge in [-0.2, -0.15) is 0 Å². The molecular weight excluding hydrogens is 248 g/mol. The molecule has 0 spiro atoms. The molecule has 3 heteroatoms. The molecule has 0 amide bonds. The van der Waals surface area contributed by atoms with Crippen molar-refractivity contribution in [2.24, 2.45) is 0 Å². The summed E-state index contributed by atoms with van der Waals surface area (Å²) in [7, 11) is 1.98. The van der Waals surface area contributed by atoms with Crippen LogP contribution in [-0.4, -0.2) is 35.8 Å². The highest BCUT2D eigenvalue weighted by Gasteiger charge is 2.09. The van der Waals surface area contributed by atoms with Gasteiger partial charge in [0, 0.05) is 24.5 Å². The summed E-state index contributed by atoms with van der Waals surface area (Å²) >= 11 is 0. The highest BCUT2D eigenvalue weighted by Crippen LogP contribution is 2.05. The average Bonchev–Trinajstić information content (AvgIpc) is 2.47. The van der Waals surface area contributed by atoms with Crippen LogP contribution in [0.3, 0.4) is 0 Å². The van der Waals surface area contributed by atoms with Crippen LogP contribution in [-0.2, 0) is 6.42 Å². The number of pyridine rings is 1. The molecule has 2 rings (SSSR count). The third-order valence-electron chi connectivity index (χ3n) is 3.32. The Morgan fingerprint density at radius 1 is 1.10 bits per heavy atom. The van der Waals surface area contributed by atoms with Gasteiger partial charge in [0.05, 0.1) is 6.54 Å². The largest absolute Gasteiger partial charge is 0.299 e. The predicted molar refractivity (Wildman–Crippen MR) is 80.9 cm³/mol. The van der Waals surface area contributed by atoms with Crippen molar-refractivity contribution in [3.05, 3.63) is 65.5 Å². The molecule has 3 nitrogen and oxygen atoms in total. The fourth-order valence-electron chi connectivity index (χ4n) is 2.02. The number of carbonyl (C=O) groups is 1. The Morgan fingerprint density at radius 3 is 2.40 bits per heavy atom. The third kappa shape index (κ3) is 4.28. The number of hydrogen-bond acceptors (Lipinski definition) is 3. The topological polar surface area (TPSA) is 33.2 Å². The Morgan fingerprint density at radius 2 is 1.75 bits per heavy atom. The normalized spacial score (nSPS) is 10.8. The fourth-order valence-corrected chi connectivity index (χ4v) is 2.02. The lowest BCUT2D eigenvalue weighted by Crippen LogP contribution is -2.28. The van der Waals surface area contributed by atoms with Crippen molar-refractivity contribution in [3.8, 4) is 0 Å². The number of nitrogens with zero attached hydrogens (tertiary/aromatic N) is 2. The first kappa shape index (κ1) is 14.4. The Bertz CT molecular complexity index is 549. The number of ketones is 1. The minimum atomic E-state index is 0.169. The van der Waals surface area contributed by atoms with Crippen LogP contribution in [0.5, 0.6) is 0 Å². The first-order valence-corrected chi connectivity index (χ1v) is 6.82. The summed E-state index contributed by atoms with van der Waals surface area (Å²) in [4.78, 5) is 18.2. The van der Waals surface area contributed by atoms with Gasteiger partial charge in [-0.05, 0) is 38.1 Å². The zero-order valence-electron chi connectivity index (χ0n) is 12.0. The zero-order chi connectivity index (χ0) is 14.4. The van der Waals surface area contributed by atoms with E-state index in [2.05, 4.69) is 9.88 Å². The maximum absolute atomic E-state index is 12.1. The molecule has 2 aromatic rings. The fraction of sp³-hybridized carbons (Fsp3) is 0.294. The molecule has 0 radical (unpaired) electrons. The number of aryl methyl sites for hydroxylation is 1. The van der Waals surface area contributed by atoms with Gasteiger partial charge in [0.15, 0.2) is 5.78 Å². The maximum atomic E-state index is 12.1. The molecule has 1 aromatic heterocycles. The Hall–Kier alpha value is -2.00.